The molecule has 0 radical (unpaired) electrons. The Kier molecular flexibility index (Phi) is 5.14. The van der Waals surface area contributed by atoms with Gasteiger partial charge in [0.25, 0.3) is 5.91 Å². The third kappa shape index (κ3) is 3.84. The minimum atomic E-state index is -0.795. The third-order valence-electron chi connectivity index (χ3n) is 3.85. The summed E-state index contributed by atoms with van der Waals surface area (Å²) in [6.45, 7) is 2.65. The number of amides is 2. The summed E-state index contributed by atoms with van der Waals surface area (Å²) in [5, 5.41) is 11.7. The number of carboxylic acid groups (broad SMARTS) is 1. The molecule has 0 saturated carbocycles. The second-order valence-corrected chi connectivity index (χ2v) is 5.39. The largest absolute Gasteiger partial charge is 0.481 e. The summed E-state index contributed by atoms with van der Waals surface area (Å²) >= 11 is 0. The van der Waals surface area contributed by atoms with E-state index in [1.807, 2.05) is 0 Å². The van der Waals surface area contributed by atoms with Crippen molar-refractivity contribution in [3.8, 4) is 0 Å². The van der Waals surface area contributed by atoms with Crippen LogP contribution in [0.25, 0.3) is 0 Å². The molecule has 2 amide bonds. The number of hydrogen-bond acceptors (Lipinski definition) is 3. The Hall–Kier alpha value is -2.37. The number of anilines is 1. The van der Waals surface area contributed by atoms with Crippen molar-refractivity contribution in [2.45, 2.75) is 26.2 Å². The molecular weight excluding hydrogens is 284 g/mol. The molecule has 1 fully saturated rings. The summed E-state index contributed by atoms with van der Waals surface area (Å²) in [5.41, 5.74) is 1.10. The van der Waals surface area contributed by atoms with Gasteiger partial charge in [-0.25, -0.2) is 0 Å². The monoisotopic (exact) mass is 304 g/mol. The second-order valence-electron chi connectivity index (χ2n) is 5.39. The van der Waals surface area contributed by atoms with Crippen LogP contribution in [0.2, 0.25) is 0 Å². The van der Waals surface area contributed by atoms with Crippen LogP contribution in [0.3, 0.4) is 0 Å². The number of benzene rings is 1. The predicted octanol–water partition coefficient (Wildman–Crippen LogP) is 1.97. The van der Waals surface area contributed by atoms with E-state index in [0.29, 0.717) is 43.6 Å². The van der Waals surface area contributed by atoms with Crippen molar-refractivity contribution in [3.05, 3.63) is 29.8 Å². The molecule has 1 aliphatic heterocycles. The molecule has 0 atom stereocenters. The van der Waals surface area contributed by atoms with Crippen molar-refractivity contribution in [2.24, 2.45) is 5.92 Å². The number of nitrogens with one attached hydrogen (secondary N) is 1. The van der Waals surface area contributed by atoms with Gasteiger partial charge in [0.15, 0.2) is 0 Å². The molecule has 2 rings (SSSR count). The molecule has 1 aromatic rings. The van der Waals surface area contributed by atoms with Gasteiger partial charge >= 0.3 is 5.97 Å². The van der Waals surface area contributed by atoms with E-state index in [1.54, 1.807) is 36.1 Å². The van der Waals surface area contributed by atoms with Gasteiger partial charge < -0.3 is 15.3 Å². The van der Waals surface area contributed by atoms with Crippen LogP contribution in [-0.2, 0) is 9.59 Å². The zero-order valence-corrected chi connectivity index (χ0v) is 12.5. The van der Waals surface area contributed by atoms with Crippen molar-refractivity contribution >= 4 is 23.5 Å². The van der Waals surface area contributed by atoms with Crippen molar-refractivity contribution in [3.63, 3.8) is 0 Å². The van der Waals surface area contributed by atoms with Gasteiger partial charge in [-0.05, 0) is 31.0 Å². The molecule has 6 heteroatoms. The molecule has 0 aromatic heterocycles. The summed E-state index contributed by atoms with van der Waals surface area (Å²) in [4.78, 5) is 36.5. The lowest BCUT2D eigenvalue weighted by Gasteiger charge is -2.30. The highest BCUT2D eigenvalue weighted by Crippen LogP contribution is 2.20. The molecule has 0 spiro atoms. The van der Waals surface area contributed by atoms with E-state index in [0.717, 1.165) is 0 Å². The number of likely N-dealkylation sites (tertiary alicyclic amines) is 1. The minimum Gasteiger partial charge on any atom is -0.481 e. The fourth-order valence-electron chi connectivity index (χ4n) is 2.49. The Morgan fingerprint density at radius 3 is 2.55 bits per heavy atom. The van der Waals surface area contributed by atoms with Gasteiger partial charge in [0.1, 0.15) is 0 Å². The lowest BCUT2D eigenvalue weighted by atomic mass is 9.96. The van der Waals surface area contributed by atoms with Gasteiger partial charge in [-0.1, -0.05) is 13.0 Å². The highest BCUT2D eigenvalue weighted by atomic mass is 16.4. The zero-order chi connectivity index (χ0) is 16.1. The summed E-state index contributed by atoms with van der Waals surface area (Å²) in [7, 11) is 0. The van der Waals surface area contributed by atoms with E-state index in [4.69, 9.17) is 5.11 Å². The maximum absolute atomic E-state index is 12.4. The van der Waals surface area contributed by atoms with E-state index in [1.165, 1.54) is 0 Å². The van der Waals surface area contributed by atoms with Crippen LogP contribution in [0.4, 0.5) is 5.69 Å². The van der Waals surface area contributed by atoms with Gasteiger partial charge in [-0.2, -0.15) is 0 Å². The molecule has 1 aromatic carbocycles. The van der Waals surface area contributed by atoms with Crippen LogP contribution in [0.1, 0.15) is 36.5 Å². The maximum Gasteiger partial charge on any atom is 0.306 e. The van der Waals surface area contributed by atoms with Gasteiger partial charge in [0.2, 0.25) is 5.91 Å². The Morgan fingerprint density at radius 1 is 1.27 bits per heavy atom. The Morgan fingerprint density at radius 2 is 1.95 bits per heavy atom. The van der Waals surface area contributed by atoms with E-state index in [-0.39, 0.29) is 17.7 Å². The molecule has 0 unspecified atom stereocenters. The number of piperidine rings is 1. The normalized spacial score (nSPS) is 15.4. The van der Waals surface area contributed by atoms with Gasteiger partial charge in [0, 0.05) is 30.8 Å². The van der Waals surface area contributed by atoms with Crippen molar-refractivity contribution in [1.82, 2.24) is 4.90 Å². The van der Waals surface area contributed by atoms with Gasteiger partial charge in [-0.3, -0.25) is 14.4 Å². The minimum absolute atomic E-state index is 0.105. The topological polar surface area (TPSA) is 86.7 Å². The molecular formula is C16H20N2O4. The third-order valence-corrected chi connectivity index (χ3v) is 3.85. The van der Waals surface area contributed by atoms with Gasteiger partial charge in [0.05, 0.1) is 5.92 Å². The molecule has 0 aliphatic carbocycles. The fourth-order valence-corrected chi connectivity index (χ4v) is 2.49. The molecule has 22 heavy (non-hydrogen) atoms. The smallest absolute Gasteiger partial charge is 0.306 e. The summed E-state index contributed by atoms with van der Waals surface area (Å²) in [6, 6.07) is 6.82. The van der Waals surface area contributed by atoms with E-state index >= 15 is 0 Å². The highest BCUT2D eigenvalue weighted by molar-refractivity contribution is 5.97. The van der Waals surface area contributed by atoms with Crippen LogP contribution in [0.15, 0.2) is 24.3 Å². The summed E-state index contributed by atoms with van der Waals surface area (Å²) < 4.78 is 0. The Balaban J connectivity index is 2.02. The van der Waals surface area contributed by atoms with Gasteiger partial charge in [-0.15, -0.1) is 0 Å². The molecule has 6 nitrogen and oxygen atoms in total. The van der Waals surface area contributed by atoms with E-state index in [9.17, 15) is 14.4 Å². The molecule has 2 N–H and O–H groups in total. The first kappa shape index (κ1) is 16.0. The number of hydrogen-bond donors (Lipinski definition) is 2. The zero-order valence-electron chi connectivity index (χ0n) is 12.5. The number of carboxylic acids is 1. The average Bonchev–Trinajstić information content (AvgIpc) is 2.54. The number of nitrogens with zero attached hydrogens (tertiary/aromatic N) is 1. The molecule has 1 heterocycles. The van der Waals surface area contributed by atoms with Crippen molar-refractivity contribution in [1.29, 1.82) is 0 Å². The number of carbonyl (C=O) groups excluding carboxylic acids is 2. The summed E-state index contributed by atoms with van der Waals surface area (Å²) in [6.07, 6.45) is 1.33. The van der Waals surface area contributed by atoms with Crippen LogP contribution in [0, 0.1) is 5.92 Å². The second kappa shape index (κ2) is 7.06. The first-order chi connectivity index (χ1) is 10.5. The molecule has 1 aliphatic rings. The van der Waals surface area contributed by atoms with Crippen LogP contribution >= 0.6 is 0 Å². The van der Waals surface area contributed by atoms with Crippen molar-refractivity contribution < 1.29 is 19.5 Å². The maximum atomic E-state index is 12.4. The highest BCUT2D eigenvalue weighted by Gasteiger charge is 2.27. The molecule has 0 bridgehead atoms. The lowest BCUT2D eigenvalue weighted by molar-refractivity contribution is -0.143. The first-order valence-electron chi connectivity index (χ1n) is 7.43. The number of aliphatic carboxylic acids is 1. The SMILES string of the molecule is CCC(=O)Nc1cccc(C(=O)N2CCC(C(=O)O)CC2)c1. The predicted molar refractivity (Wildman–Crippen MR) is 81.6 cm³/mol. The standard InChI is InChI=1S/C16H20N2O4/c1-2-14(19)17-13-5-3-4-12(10-13)15(20)18-8-6-11(7-9-18)16(21)22/h3-5,10-11H,2,6-9H2,1H3,(H,17,19)(H,21,22). The molecule has 1 saturated heterocycles. The lowest BCUT2D eigenvalue weighted by Crippen LogP contribution is -2.40. The van der Waals surface area contributed by atoms with Crippen LogP contribution < -0.4 is 5.32 Å². The number of carbonyl (C=O) groups is 3. The summed E-state index contributed by atoms with van der Waals surface area (Å²) in [5.74, 6) is -1.39. The first-order valence-corrected chi connectivity index (χ1v) is 7.43. The average molecular weight is 304 g/mol. The fraction of sp³-hybridized carbons (Fsp3) is 0.438. The van der Waals surface area contributed by atoms with Crippen LogP contribution in [0.5, 0.6) is 0 Å². The Bertz CT molecular complexity index is 577. The van der Waals surface area contributed by atoms with E-state index in [2.05, 4.69) is 5.32 Å². The number of rotatable bonds is 4. The van der Waals surface area contributed by atoms with E-state index < -0.39 is 5.97 Å². The Labute approximate surface area is 129 Å². The van der Waals surface area contributed by atoms with Crippen LogP contribution in [-0.4, -0.2) is 40.9 Å². The quantitative estimate of drug-likeness (QED) is 0.890. The molecule has 118 valence electrons. The van der Waals surface area contributed by atoms with Crippen molar-refractivity contribution in [2.75, 3.05) is 18.4 Å².